The molecule has 0 radical (unpaired) electrons. The highest BCUT2D eigenvalue weighted by atomic mass is 35.5. The minimum absolute atomic E-state index is 0.664. The fraction of sp³-hybridized carbons (Fsp3) is 0. The van der Waals surface area contributed by atoms with E-state index < -0.39 is 0 Å². The van der Waals surface area contributed by atoms with E-state index in [1.165, 1.54) is 0 Å². The number of benzene rings is 3. The van der Waals surface area contributed by atoms with Crippen molar-refractivity contribution in [1.29, 1.82) is 0 Å². The van der Waals surface area contributed by atoms with Crippen LogP contribution in [-0.4, -0.2) is 0 Å². The molecule has 0 aliphatic heterocycles. The van der Waals surface area contributed by atoms with Crippen LogP contribution in [0.2, 0.25) is 5.02 Å². The second kappa shape index (κ2) is 4.64. The first-order valence-corrected chi connectivity index (χ1v) is 7.76. The molecule has 3 heteroatoms. The van der Waals surface area contributed by atoms with Gasteiger partial charge >= 0.3 is 0 Å². The molecule has 3 aromatic carbocycles. The van der Waals surface area contributed by atoms with Crippen molar-refractivity contribution in [2.24, 2.45) is 0 Å². The van der Waals surface area contributed by atoms with Gasteiger partial charge in [-0.2, -0.15) is 0 Å². The molecule has 23 heavy (non-hydrogen) atoms. The van der Waals surface area contributed by atoms with E-state index in [9.17, 15) is 0 Å². The van der Waals surface area contributed by atoms with Crippen molar-refractivity contribution in [1.82, 2.24) is 0 Å². The third-order valence-corrected chi connectivity index (χ3v) is 4.46. The van der Waals surface area contributed by atoms with E-state index in [0.717, 1.165) is 44.0 Å². The van der Waals surface area contributed by atoms with Crippen LogP contribution in [0.15, 0.2) is 75.8 Å². The van der Waals surface area contributed by atoms with E-state index in [4.69, 9.17) is 20.4 Å². The van der Waals surface area contributed by atoms with E-state index in [1.54, 1.807) is 0 Å². The molecule has 2 aromatic heterocycles. The summed E-state index contributed by atoms with van der Waals surface area (Å²) >= 11 is 6.07. The van der Waals surface area contributed by atoms with Gasteiger partial charge in [-0.3, -0.25) is 0 Å². The zero-order valence-corrected chi connectivity index (χ0v) is 12.8. The van der Waals surface area contributed by atoms with Crippen LogP contribution in [0, 0.1) is 0 Å². The average Bonchev–Trinajstić information content (AvgIpc) is 3.15. The lowest BCUT2D eigenvalue weighted by atomic mass is 10.0. The highest BCUT2D eigenvalue weighted by molar-refractivity contribution is 6.31. The van der Waals surface area contributed by atoms with Gasteiger partial charge in [-0.1, -0.05) is 41.9 Å². The number of hydrogen-bond donors (Lipinski definition) is 0. The largest absolute Gasteiger partial charge is 0.463 e. The number of hydrogen-bond acceptors (Lipinski definition) is 2. The molecule has 110 valence electrons. The summed E-state index contributed by atoms with van der Waals surface area (Å²) in [5, 5.41) is 3.76. The Morgan fingerprint density at radius 1 is 0.783 bits per heavy atom. The van der Waals surface area contributed by atoms with Gasteiger partial charge in [-0.25, -0.2) is 0 Å². The first-order valence-electron chi connectivity index (χ1n) is 7.39. The quantitative estimate of drug-likeness (QED) is 0.346. The molecular weight excluding hydrogens is 308 g/mol. The van der Waals surface area contributed by atoms with Crippen LogP contribution >= 0.6 is 11.6 Å². The van der Waals surface area contributed by atoms with Crippen LogP contribution < -0.4 is 0 Å². The number of halogens is 1. The number of furan rings is 2. The molecule has 0 bridgehead atoms. The summed E-state index contributed by atoms with van der Waals surface area (Å²) < 4.78 is 11.8. The molecule has 2 heterocycles. The smallest absolute Gasteiger partial charge is 0.146 e. The maximum absolute atomic E-state index is 6.07. The Balaban J connectivity index is 1.90. The molecule has 0 aliphatic carbocycles. The molecule has 0 amide bonds. The monoisotopic (exact) mass is 318 g/mol. The zero-order valence-electron chi connectivity index (χ0n) is 12.0. The summed E-state index contributed by atoms with van der Waals surface area (Å²) in [6, 6.07) is 20.0. The summed E-state index contributed by atoms with van der Waals surface area (Å²) in [4.78, 5) is 0. The maximum Gasteiger partial charge on any atom is 0.146 e. The summed E-state index contributed by atoms with van der Waals surface area (Å²) in [5.41, 5.74) is 4.66. The molecule has 5 rings (SSSR count). The molecular formula is C20H11ClO2. The van der Waals surface area contributed by atoms with Crippen molar-refractivity contribution in [3.05, 3.63) is 71.9 Å². The van der Waals surface area contributed by atoms with E-state index >= 15 is 0 Å². The Morgan fingerprint density at radius 3 is 2.48 bits per heavy atom. The topological polar surface area (TPSA) is 26.3 Å². The minimum Gasteiger partial charge on any atom is -0.463 e. The summed E-state index contributed by atoms with van der Waals surface area (Å²) in [6.45, 7) is 0. The predicted molar refractivity (Wildman–Crippen MR) is 93.9 cm³/mol. The minimum atomic E-state index is 0.664. The van der Waals surface area contributed by atoms with E-state index in [2.05, 4.69) is 12.1 Å². The van der Waals surface area contributed by atoms with Crippen molar-refractivity contribution in [3.8, 4) is 11.1 Å². The molecule has 0 spiro atoms. The lowest BCUT2D eigenvalue weighted by Gasteiger charge is -1.97. The lowest BCUT2D eigenvalue weighted by Crippen LogP contribution is -1.74. The standard InChI is InChI=1S/C20H11ClO2/c21-13-6-7-15-18(10-13)23-17-9-8-14-16(11-22-20(14)19(15)17)12-4-2-1-3-5-12/h1-11H. The fourth-order valence-corrected chi connectivity index (χ4v) is 3.33. The lowest BCUT2D eigenvalue weighted by molar-refractivity contribution is 0.619. The zero-order chi connectivity index (χ0) is 15.4. The van der Waals surface area contributed by atoms with E-state index in [1.807, 2.05) is 54.8 Å². The predicted octanol–water partition coefficient (Wildman–Crippen LogP) is 6.65. The molecule has 0 aliphatic rings. The van der Waals surface area contributed by atoms with Crippen LogP contribution in [0.1, 0.15) is 0 Å². The molecule has 0 saturated heterocycles. The Kier molecular flexibility index (Phi) is 2.58. The van der Waals surface area contributed by atoms with Crippen molar-refractivity contribution in [2.75, 3.05) is 0 Å². The van der Waals surface area contributed by atoms with Crippen molar-refractivity contribution >= 4 is 44.5 Å². The highest BCUT2D eigenvalue weighted by Crippen LogP contribution is 2.39. The van der Waals surface area contributed by atoms with Gasteiger partial charge in [0, 0.05) is 27.4 Å². The van der Waals surface area contributed by atoms with Gasteiger partial charge in [0.1, 0.15) is 16.7 Å². The normalized spacial score (nSPS) is 11.7. The van der Waals surface area contributed by atoms with Gasteiger partial charge in [0.05, 0.1) is 11.6 Å². The first kappa shape index (κ1) is 12.8. The maximum atomic E-state index is 6.07. The molecule has 0 N–H and O–H groups in total. The fourth-order valence-electron chi connectivity index (χ4n) is 3.17. The Hall–Kier alpha value is -2.71. The number of rotatable bonds is 1. The Bertz CT molecular complexity index is 1170. The van der Waals surface area contributed by atoms with Crippen LogP contribution in [0.4, 0.5) is 0 Å². The molecule has 2 nitrogen and oxygen atoms in total. The Morgan fingerprint density at radius 2 is 1.61 bits per heavy atom. The Labute approximate surface area is 136 Å². The second-order valence-corrected chi connectivity index (χ2v) is 6.01. The van der Waals surface area contributed by atoms with Gasteiger partial charge in [-0.05, 0) is 29.8 Å². The van der Waals surface area contributed by atoms with Crippen LogP contribution in [0.25, 0.3) is 44.0 Å². The van der Waals surface area contributed by atoms with Crippen molar-refractivity contribution < 1.29 is 8.83 Å². The summed E-state index contributed by atoms with van der Waals surface area (Å²) in [7, 11) is 0. The van der Waals surface area contributed by atoms with Gasteiger partial charge < -0.3 is 8.83 Å². The van der Waals surface area contributed by atoms with E-state index in [0.29, 0.717) is 5.02 Å². The van der Waals surface area contributed by atoms with Crippen LogP contribution in [0.3, 0.4) is 0 Å². The molecule has 0 unspecified atom stereocenters. The summed E-state index contributed by atoms with van der Waals surface area (Å²) in [5.74, 6) is 0. The van der Waals surface area contributed by atoms with Crippen molar-refractivity contribution in [2.45, 2.75) is 0 Å². The van der Waals surface area contributed by atoms with Crippen molar-refractivity contribution in [3.63, 3.8) is 0 Å². The van der Waals surface area contributed by atoms with Gasteiger partial charge in [-0.15, -0.1) is 0 Å². The third kappa shape index (κ3) is 1.82. The van der Waals surface area contributed by atoms with Gasteiger partial charge in [0.25, 0.3) is 0 Å². The van der Waals surface area contributed by atoms with Crippen LogP contribution in [0.5, 0.6) is 0 Å². The van der Waals surface area contributed by atoms with Gasteiger partial charge in [0.2, 0.25) is 0 Å². The summed E-state index contributed by atoms with van der Waals surface area (Å²) in [6.07, 6.45) is 1.81. The van der Waals surface area contributed by atoms with E-state index in [-0.39, 0.29) is 0 Å². The molecule has 0 fully saturated rings. The average molecular weight is 319 g/mol. The molecule has 5 aromatic rings. The number of fused-ring (bicyclic) bond motifs is 5. The first-order chi connectivity index (χ1) is 11.3. The SMILES string of the molecule is Clc1ccc2c(c1)oc1ccc3c(-c4ccccc4)coc3c12. The second-order valence-electron chi connectivity index (χ2n) is 5.57. The highest BCUT2D eigenvalue weighted by Gasteiger charge is 2.16. The van der Waals surface area contributed by atoms with Gasteiger partial charge in [0.15, 0.2) is 0 Å². The molecule has 0 saturated carbocycles. The third-order valence-electron chi connectivity index (χ3n) is 4.22. The molecule has 0 atom stereocenters. The van der Waals surface area contributed by atoms with Crippen LogP contribution in [-0.2, 0) is 0 Å².